The van der Waals surface area contributed by atoms with Crippen LogP contribution in [0.15, 0.2) is 60.7 Å². The minimum absolute atomic E-state index is 0.262. The Morgan fingerprint density at radius 2 is 1.31 bits per heavy atom. The van der Waals surface area contributed by atoms with Crippen LogP contribution in [0.3, 0.4) is 0 Å². The maximum absolute atomic E-state index is 11.1. The van der Waals surface area contributed by atoms with Crippen molar-refractivity contribution in [2.45, 2.75) is 0 Å². The molecule has 0 saturated carbocycles. The fraction of sp³-hybridized carbons (Fsp3) is 0.0952. The monoisotopic (exact) mass is 347 g/mol. The predicted octanol–water partition coefficient (Wildman–Crippen LogP) is 4.50. The molecule has 0 unspecified atom stereocenters. The Balaban J connectivity index is 2.04. The zero-order valence-electron chi connectivity index (χ0n) is 14.4. The number of hydrogen-bond acceptors (Lipinski definition) is 3. The van der Waals surface area contributed by atoms with Crippen molar-refractivity contribution in [2.75, 3.05) is 14.2 Å². The van der Waals surface area contributed by atoms with Crippen molar-refractivity contribution in [3.8, 4) is 17.2 Å². The number of hydrogen-bond donors (Lipinski definition) is 1. The molecule has 0 aliphatic rings. The topological polar surface area (TPSA) is 60.7 Å². The van der Waals surface area contributed by atoms with Gasteiger partial charge in [-0.05, 0) is 60.7 Å². The van der Waals surface area contributed by atoms with Crippen LogP contribution in [0.25, 0.3) is 27.5 Å². The largest absolute Gasteiger partial charge is 0.497 e. The first-order valence-corrected chi connectivity index (χ1v) is 8.12. The van der Waals surface area contributed by atoms with E-state index in [1.54, 1.807) is 26.4 Å². The van der Waals surface area contributed by atoms with Crippen LogP contribution in [0.1, 0.15) is 10.4 Å². The van der Waals surface area contributed by atoms with E-state index in [9.17, 15) is 4.79 Å². The van der Waals surface area contributed by atoms with Gasteiger partial charge in [-0.15, -0.1) is 0 Å². The third-order valence-corrected chi connectivity index (χ3v) is 4.55. The van der Waals surface area contributed by atoms with Gasteiger partial charge in [0, 0.05) is 16.5 Å². The fourth-order valence-corrected chi connectivity index (χ4v) is 3.27. The van der Waals surface area contributed by atoms with Gasteiger partial charge >= 0.3 is 5.97 Å². The van der Waals surface area contributed by atoms with E-state index in [1.165, 1.54) is 0 Å². The molecule has 0 aliphatic carbocycles. The van der Waals surface area contributed by atoms with Gasteiger partial charge in [0.05, 0.1) is 30.8 Å². The van der Waals surface area contributed by atoms with Gasteiger partial charge in [-0.2, -0.15) is 0 Å². The van der Waals surface area contributed by atoms with Gasteiger partial charge in [-0.1, -0.05) is 0 Å². The second-order valence-electron chi connectivity index (χ2n) is 5.95. The molecule has 130 valence electrons. The zero-order valence-corrected chi connectivity index (χ0v) is 14.4. The molecular formula is C21H17NO4. The van der Waals surface area contributed by atoms with E-state index in [-0.39, 0.29) is 5.56 Å². The number of aromatic carboxylic acids is 1. The van der Waals surface area contributed by atoms with E-state index in [1.807, 2.05) is 48.5 Å². The Morgan fingerprint density at radius 3 is 1.73 bits per heavy atom. The molecule has 0 saturated heterocycles. The Hall–Kier alpha value is -3.47. The van der Waals surface area contributed by atoms with Gasteiger partial charge in [0.2, 0.25) is 0 Å². The smallest absolute Gasteiger partial charge is 0.335 e. The molecule has 26 heavy (non-hydrogen) atoms. The number of benzene rings is 3. The third kappa shape index (κ3) is 2.45. The zero-order chi connectivity index (χ0) is 18.3. The van der Waals surface area contributed by atoms with Crippen molar-refractivity contribution in [1.82, 2.24) is 4.57 Å². The average Bonchev–Trinajstić information content (AvgIpc) is 3.00. The first-order chi connectivity index (χ1) is 12.6. The van der Waals surface area contributed by atoms with Crippen LogP contribution < -0.4 is 9.47 Å². The van der Waals surface area contributed by atoms with Gasteiger partial charge in [0.1, 0.15) is 11.5 Å². The van der Waals surface area contributed by atoms with Crippen molar-refractivity contribution in [2.24, 2.45) is 0 Å². The highest BCUT2D eigenvalue weighted by atomic mass is 16.5. The molecule has 4 aromatic rings. The standard InChI is InChI=1S/C21H17NO4/c1-25-15-7-9-19-17(11-15)18-12-16(26-2)8-10-20(18)22(19)14-5-3-13(4-6-14)21(23)24/h3-12H,1-2H3,(H,23,24). The van der Waals surface area contributed by atoms with Crippen molar-refractivity contribution in [3.63, 3.8) is 0 Å². The maximum Gasteiger partial charge on any atom is 0.335 e. The Morgan fingerprint density at radius 1 is 0.808 bits per heavy atom. The van der Waals surface area contributed by atoms with Crippen LogP contribution in [0.5, 0.6) is 11.5 Å². The van der Waals surface area contributed by atoms with Crippen LogP contribution in [-0.2, 0) is 0 Å². The summed E-state index contributed by atoms with van der Waals surface area (Å²) in [4.78, 5) is 11.1. The van der Waals surface area contributed by atoms with E-state index in [0.717, 1.165) is 39.0 Å². The van der Waals surface area contributed by atoms with E-state index in [0.29, 0.717) is 0 Å². The molecular weight excluding hydrogens is 330 g/mol. The maximum atomic E-state index is 11.1. The van der Waals surface area contributed by atoms with Crippen molar-refractivity contribution < 1.29 is 19.4 Å². The lowest BCUT2D eigenvalue weighted by Gasteiger charge is -2.09. The molecule has 0 radical (unpaired) electrons. The number of carboxylic acids is 1. The van der Waals surface area contributed by atoms with Gasteiger partial charge in [-0.3, -0.25) is 0 Å². The van der Waals surface area contributed by atoms with E-state index in [4.69, 9.17) is 14.6 Å². The van der Waals surface area contributed by atoms with E-state index in [2.05, 4.69) is 4.57 Å². The predicted molar refractivity (Wildman–Crippen MR) is 101 cm³/mol. The number of carboxylic acid groups (broad SMARTS) is 1. The Labute approximate surface area is 150 Å². The molecule has 0 atom stereocenters. The van der Waals surface area contributed by atoms with Gasteiger partial charge in [0.15, 0.2) is 0 Å². The number of carbonyl (C=O) groups is 1. The molecule has 0 amide bonds. The van der Waals surface area contributed by atoms with Crippen LogP contribution in [-0.4, -0.2) is 29.9 Å². The van der Waals surface area contributed by atoms with Crippen LogP contribution in [0.2, 0.25) is 0 Å². The molecule has 0 aliphatic heterocycles. The van der Waals surface area contributed by atoms with Crippen molar-refractivity contribution in [3.05, 3.63) is 66.2 Å². The highest BCUT2D eigenvalue weighted by Gasteiger charge is 2.14. The first-order valence-electron chi connectivity index (χ1n) is 8.12. The van der Waals surface area contributed by atoms with Gasteiger partial charge in [-0.25, -0.2) is 4.79 Å². The van der Waals surface area contributed by atoms with Crippen molar-refractivity contribution >= 4 is 27.8 Å². The molecule has 5 heteroatoms. The molecule has 1 N–H and O–H groups in total. The normalized spacial score (nSPS) is 11.0. The lowest BCUT2D eigenvalue weighted by molar-refractivity contribution is 0.0697. The van der Waals surface area contributed by atoms with Gasteiger partial charge in [0.25, 0.3) is 0 Å². The highest BCUT2D eigenvalue weighted by molar-refractivity contribution is 6.10. The molecule has 0 spiro atoms. The highest BCUT2D eigenvalue weighted by Crippen LogP contribution is 2.36. The number of methoxy groups -OCH3 is 2. The number of fused-ring (bicyclic) bond motifs is 3. The van der Waals surface area contributed by atoms with Crippen LogP contribution in [0, 0.1) is 0 Å². The number of aromatic nitrogens is 1. The number of ether oxygens (including phenoxy) is 2. The fourth-order valence-electron chi connectivity index (χ4n) is 3.27. The molecule has 0 bridgehead atoms. The minimum Gasteiger partial charge on any atom is -0.497 e. The SMILES string of the molecule is COc1ccc2c(c1)c1cc(OC)ccc1n2-c1ccc(C(=O)O)cc1. The Kier molecular flexibility index (Phi) is 3.77. The summed E-state index contributed by atoms with van der Waals surface area (Å²) in [5, 5.41) is 11.2. The molecule has 1 heterocycles. The summed E-state index contributed by atoms with van der Waals surface area (Å²) in [5.41, 5.74) is 3.18. The summed E-state index contributed by atoms with van der Waals surface area (Å²) in [6.45, 7) is 0. The summed E-state index contributed by atoms with van der Waals surface area (Å²) < 4.78 is 12.9. The Bertz CT molecular complexity index is 1070. The quantitative estimate of drug-likeness (QED) is 0.590. The first kappa shape index (κ1) is 16.0. The van der Waals surface area contributed by atoms with E-state index >= 15 is 0 Å². The number of rotatable bonds is 4. The summed E-state index contributed by atoms with van der Waals surface area (Å²) in [7, 11) is 3.29. The molecule has 3 aromatic carbocycles. The number of nitrogens with zero attached hydrogens (tertiary/aromatic N) is 1. The molecule has 5 nitrogen and oxygen atoms in total. The second kappa shape index (κ2) is 6.11. The summed E-state index contributed by atoms with van der Waals surface area (Å²) >= 11 is 0. The summed E-state index contributed by atoms with van der Waals surface area (Å²) in [6.07, 6.45) is 0. The van der Waals surface area contributed by atoms with Crippen LogP contribution >= 0.6 is 0 Å². The third-order valence-electron chi connectivity index (χ3n) is 4.55. The second-order valence-corrected chi connectivity index (χ2v) is 5.95. The molecule has 4 rings (SSSR count). The summed E-state index contributed by atoms with van der Waals surface area (Å²) in [5.74, 6) is 0.620. The van der Waals surface area contributed by atoms with Gasteiger partial charge < -0.3 is 19.1 Å². The lowest BCUT2D eigenvalue weighted by atomic mass is 10.1. The minimum atomic E-state index is -0.937. The van der Waals surface area contributed by atoms with Crippen molar-refractivity contribution in [1.29, 1.82) is 0 Å². The molecule has 1 aromatic heterocycles. The van der Waals surface area contributed by atoms with Crippen LogP contribution in [0.4, 0.5) is 0 Å². The average molecular weight is 347 g/mol. The summed E-state index contributed by atoms with van der Waals surface area (Å²) in [6, 6.07) is 18.7. The van der Waals surface area contributed by atoms with E-state index < -0.39 is 5.97 Å². The lowest BCUT2D eigenvalue weighted by Crippen LogP contribution is -1.98. The molecule has 0 fully saturated rings.